The molecule has 0 radical (unpaired) electrons. The Morgan fingerprint density at radius 1 is 1.26 bits per heavy atom. The van der Waals surface area contributed by atoms with E-state index in [0.29, 0.717) is 19.4 Å². The summed E-state index contributed by atoms with van der Waals surface area (Å²) in [5.74, 6) is -1.35. The molecule has 2 aromatic rings. The highest BCUT2D eigenvalue weighted by molar-refractivity contribution is 5.79. The van der Waals surface area contributed by atoms with Gasteiger partial charge >= 0.3 is 0 Å². The highest BCUT2D eigenvalue weighted by Gasteiger charge is 2.36. The molecule has 1 saturated carbocycles. The fourth-order valence-electron chi connectivity index (χ4n) is 3.86. The lowest BCUT2D eigenvalue weighted by Crippen LogP contribution is -2.42. The molecule has 2 aliphatic rings. The van der Waals surface area contributed by atoms with Crippen LogP contribution in [0.4, 0.5) is 8.78 Å². The van der Waals surface area contributed by atoms with Crippen LogP contribution in [0.15, 0.2) is 36.4 Å². The summed E-state index contributed by atoms with van der Waals surface area (Å²) in [6, 6.07) is 9.40. The van der Waals surface area contributed by atoms with Crippen LogP contribution in [0, 0.1) is 17.6 Å². The van der Waals surface area contributed by atoms with Crippen LogP contribution in [0.25, 0.3) is 0 Å². The second-order valence-corrected chi connectivity index (χ2v) is 7.29. The fourth-order valence-corrected chi connectivity index (χ4v) is 3.86. The molecule has 0 unspecified atom stereocenters. The molecule has 2 N–H and O–H groups in total. The first-order chi connectivity index (χ1) is 13.0. The number of rotatable bonds is 5. The molecule has 0 spiro atoms. The van der Waals surface area contributed by atoms with Crippen LogP contribution < -0.4 is 10.1 Å². The highest BCUT2D eigenvalue weighted by Crippen LogP contribution is 2.39. The Hall–Kier alpha value is -2.47. The number of carbonyl (C=O) groups excluding carboxylic acids is 1. The van der Waals surface area contributed by atoms with Gasteiger partial charge in [0.25, 0.3) is 0 Å². The number of carbonyl (C=O) groups is 1. The summed E-state index contributed by atoms with van der Waals surface area (Å²) < 4.78 is 32.8. The Kier molecular flexibility index (Phi) is 4.83. The third kappa shape index (κ3) is 3.67. The monoisotopic (exact) mass is 373 g/mol. The molecule has 2 aromatic carbocycles. The Morgan fingerprint density at radius 3 is 2.85 bits per heavy atom. The lowest BCUT2D eigenvalue weighted by Gasteiger charge is -2.38. The van der Waals surface area contributed by atoms with Crippen LogP contribution in [0.3, 0.4) is 0 Å². The number of aliphatic hydroxyl groups is 1. The number of fused-ring (bicyclic) bond motifs is 1. The van der Waals surface area contributed by atoms with E-state index in [1.807, 2.05) is 18.2 Å². The zero-order valence-electron chi connectivity index (χ0n) is 14.8. The van der Waals surface area contributed by atoms with Crippen molar-refractivity contribution in [3.63, 3.8) is 0 Å². The molecular weight excluding hydrogens is 352 g/mol. The number of halogens is 2. The summed E-state index contributed by atoms with van der Waals surface area (Å²) in [5, 5.41) is 12.6. The van der Waals surface area contributed by atoms with Crippen molar-refractivity contribution in [3.05, 3.63) is 64.7 Å². The minimum atomic E-state index is -0.988. The van der Waals surface area contributed by atoms with E-state index in [0.717, 1.165) is 29.4 Å². The van der Waals surface area contributed by atoms with Gasteiger partial charge in [-0.3, -0.25) is 4.79 Å². The highest BCUT2D eigenvalue weighted by atomic mass is 19.2. The molecule has 1 aliphatic carbocycles. The molecule has 1 heterocycles. The minimum Gasteiger partial charge on any atom is -0.493 e. The largest absolute Gasteiger partial charge is 0.493 e. The van der Waals surface area contributed by atoms with E-state index in [-0.39, 0.29) is 36.0 Å². The molecule has 0 saturated heterocycles. The van der Waals surface area contributed by atoms with Gasteiger partial charge in [0.05, 0.1) is 25.2 Å². The maximum absolute atomic E-state index is 13.9. The predicted octanol–water partition coefficient (Wildman–Crippen LogP) is 3.07. The summed E-state index contributed by atoms with van der Waals surface area (Å²) in [7, 11) is 0. The molecule has 1 fully saturated rings. The zero-order chi connectivity index (χ0) is 19.0. The van der Waals surface area contributed by atoms with Gasteiger partial charge in [0.15, 0.2) is 11.6 Å². The van der Waals surface area contributed by atoms with E-state index in [2.05, 4.69) is 5.32 Å². The summed E-state index contributed by atoms with van der Waals surface area (Å²) >= 11 is 0. The number of aliphatic hydroxyl groups excluding tert-OH is 1. The number of hydrogen-bond acceptors (Lipinski definition) is 3. The summed E-state index contributed by atoms with van der Waals surface area (Å²) in [6.45, 7) is 0.650. The second-order valence-electron chi connectivity index (χ2n) is 7.29. The quantitative estimate of drug-likeness (QED) is 0.847. The molecule has 0 bridgehead atoms. The van der Waals surface area contributed by atoms with Crippen molar-refractivity contribution in [3.8, 4) is 5.75 Å². The van der Waals surface area contributed by atoms with Crippen LogP contribution in [-0.2, 0) is 17.6 Å². The molecule has 0 aromatic heterocycles. The molecule has 1 atom stereocenters. The van der Waals surface area contributed by atoms with Crippen molar-refractivity contribution in [2.45, 2.75) is 37.8 Å². The molecule has 1 amide bonds. The first-order valence-corrected chi connectivity index (χ1v) is 9.17. The van der Waals surface area contributed by atoms with Gasteiger partial charge in [-0.2, -0.15) is 0 Å². The van der Waals surface area contributed by atoms with Gasteiger partial charge in [-0.05, 0) is 48.1 Å². The molecule has 27 heavy (non-hydrogen) atoms. The Balaban J connectivity index is 1.53. The van der Waals surface area contributed by atoms with Gasteiger partial charge in [0, 0.05) is 12.0 Å². The van der Waals surface area contributed by atoms with E-state index in [4.69, 9.17) is 4.74 Å². The average molecular weight is 373 g/mol. The Labute approximate surface area is 156 Å². The number of amides is 1. The average Bonchev–Trinajstić information content (AvgIpc) is 3.09. The van der Waals surface area contributed by atoms with Crippen molar-refractivity contribution in [2.24, 2.45) is 5.92 Å². The third-order valence-corrected chi connectivity index (χ3v) is 5.39. The van der Waals surface area contributed by atoms with Crippen LogP contribution in [0.2, 0.25) is 0 Å². The maximum Gasteiger partial charge on any atom is 0.225 e. The normalized spacial score (nSPS) is 21.7. The Bertz CT molecular complexity index is 865. The molecule has 4 rings (SSSR count). The van der Waals surface area contributed by atoms with Crippen molar-refractivity contribution < 1.29 is 23.4 Å². The van der Waals surface area contributed by atoms with E-state index in [1.165, 1.54) is 12.1 Å². The summed E-state index contributed by atoms with van der Waals surface area (Å²) in [6.07, 6.45) is 1.45. The predicted molar refractivity (Wildman–Crippen MR) is 95.3 cm³/mol. The van der Waals surface area contributed by atoms with Gasteiger partial charge in [0.2, 0.25) is 5.91 Å². The number of ether oxygens (including phenoxy) is 1. The molecule has 6 heteroatoms. The van der Waals surface area contributed by atoms with E-state index in [1.54, 1.807) is 0 Å². The standard InChI is InChI=1S/C21H21F2NO3/c22-17-3-1-2-13(20(17)23)11-19(26)24-21(15-9-16(25)10-15)14-4-5-18-12(8-14)6-7-27-18/h1-5,8,15-16,21,25H,6-7,9-11H2,(H,24,26)/t15?,16?,21-/m1/s1. The van der Waals surface area contributed by atoms with Crippen molar-refractivity contribution in [2.75, 3.05) is 6.61 Å². The SMILES string of the molecule is O=C(Cc1cccc(F)c1F)N[C@H](c1ccc2c(c1)CCO2)C1CC(O)C1. The van der Waals surface area contributed by atoms with Crippen LogP contribution in [0.1, 0.15) is 35.6 Å². The fraction of sp³-hybridized carbons (Fsp3) is 0.381. The van der Waals surface area contributed by atoms with Gasteiger partial charge in [-0.15, -0.1) is 0 Å². The first kappa shape index (κ1) is 17.9. The molecule has 1 aliphatic heterocycles. The van der Waals surface area contributed by atoms with Crippen LogP contribution in [-0.4, -0.2) is 23.7 Å². The van der Waals surface area contributed by atoms with E-state index >= 15 is 0 Å². The van der Waals surface area contributed by atoms with Crippen LogP contribution >= 0.6 is 0 Å². The Morgan fingerprint density at radius 2 is 2.07 bits per heavy atom. The third-order valence-electron chi connectivity index (χ3n) is 5.39. The van der Waals surface area contributed by atoms with Crippen LogP contribution in [0.5, 0.6) is 5.75 Å². The second kappa shape index (κ2) is 7.27. The van der Waals surface area contributed by atoms with Gasteiger partial charge in [0.1, 0.15) is 5.75 Å². The summed E-state index contributed by atoms with van der Waals surface area (Å²) in [5.41, 5.74) is 2.08. The zero-order valence-corrected chi connectivity index (χ0v) is 14.8. The van der Waals surface area contributed by atoms with E-state index in [9.17, 15) is 18.7 Å². The lowest BCUT2D eigenvalue weighted by atomic mass is 9.74. The van der Waals surface area contributed by atoms with Crippen molar-refractivity contribution in [1.29, 1.82) is 0 Å². The first-order valence-electron chi connectivity index (χ1n) is 9.17. The molecular formula is C21H21F2NO3. The topological polar surface area (TPSA) is 58.6 Å². The smallest absolute Gasteiger partial charge is 0.225 e. The van der Waals surface area contributed by atoms with Gasteiger partial charge in [-0.25, -0.2) is 8.78 Å². The summed E-state index contributed by atoms with van der Waals surface area (Å²) in [4.78, 5) is 12.5. The number of benzene rings is 2. The lowest BCUT2D eigenvalue weighted by molar-refractivity contribution is -0.122. The maximum atomic E-state index is 13.9. The van der Waals surface area contributed by atoms with Gasteiger partial charge in [-0.1, -0.05) is 18.2 Å². The van der Waals surface area contributed by atoms with Crippen molar-refractivity contribution >= 4 is 5.91 Å². The minimum absolute atomic E-state index is 0.0299. The van der Waals surface area contributed by atoms with Crippen molar-refractivity contribution in [1.82, 2.24) is 5.32 Å². The molecule has 4 nitrogen and oxygen atoms in total. The number of hydrogen-bond donors (Lipinski definition) is 2. The number of nitrogens with one attached hydrogen (secondary N) is 1. The van der Waals surface area contributed by atoms with Gasteiger partial charge < -0.3 is 15.2 Å². The molecule has 142 valence electrons. The van der Waals surface area contributed by atoms with E-state index < -0.39 is 11.6 Å².